The van der Waals surface area contributed by atoms with Gasteiger partial charge in [-0.1, -0.05) is 6.42 Å². The highest BCUT2D eigenvalue weighted by Crippen LogP contribution is 2.25. The lowest BCUT2D eigenvalue weighted by molar-refractivity contribution is -0.136. The molecule has 0 radical (unpaired) electrons. The summed E-state index contributed by atoms with van der Waals surface area (Å²) in [5.41, 5.74) is 0.844. The van der Waals surface area contributed by atoms with Crippen LogP contribution in [0.4, 0.5) is 0 Å². The fraction of sp³-hybridized carbons (Fsp3) is 0.625. The first-order chi connectivity index (χ1) is 5.75. The molecule has 0 aliphatic heterocycles. The van der Waals surface area contributed by atoms with Crippen LogP contribution in [0.3, 0.4) is 0 Å². The van der Waals surface area contributed by atoms with Crippen LogP contribution in [0.1, 0.15) is 32.1 Å². The molecule has 0 unspecified atom stereocenters. The lowest BCUT2D eigenvalue weighted by atomic mass is 9.94. The van der Waals surface area contributed by atoms with Crippen LogP contribution in [-0.2, 0) is 9.63 Å². The zero-order valence-electron chi connectivity index (χ0n) is 6.88. The Kier molecular flexibility index (Phi) is 3.10. The Morgan fingerprint density at radius 2 is 1.92 bits per heavy atom. The van der Waals surface area contributed by atoms with Crippen molar-refractivity contribution in [2.45, 2.75) is 32.1 Å². The normalized spacial score (nSPS) is 17.2. The summed E-state index contributed by atoms with van der Waals surface area (Å²) in [7, 11) is 0. The molecule has 0 bridgehead atoms. The Bertz CT molecular complexity index is 202. The van der Waals surface area contributed by atoms with Gasteiger partial charge in [0.25, 0.3) is 0 Å². The van der Waals surface area contributed by atoms with Crippen molar-refractivity contribution in [1.29, 1.82) is 0 Å². The van der Waals surface area contributed by atoms with Crippen molar-refractivity contribution in [3.8, 4) is 0 Å². The molecule has 1 aliphatic rings. The third kappa shape index (κ3) is 1.98. The number of carboxylic acid groups (broad SMARTS) is 1. The molecule has 0 spiro atoms. The molecule has 0 aromatic heterocycles. The van der Waals surface area contributed by atoms with E-state index in [1.165, 1.54) is 6.42 Å². The van der Waals surface area contributed by atoms with Gasteiger partial charge in [-0.2, -0.15) is 5.90 Å². The van der Waals surface area contributed by atoms with Crippen molar-refractivity contribution in [2.24, 2.45) is 5.90 Å². The molecule has 0 amide bonds. The number of rotatable bonds is 2. The lowest BCUT2D eigenvalue weighted by Gasteiger charge is -2.14. The molecule has 4 heteroatoms. The van der Waals surface area contributed by atoms with Gasteiger partial charge in [-0.05, 0) is 31.3 Å². The Balaban J connectivity index is 2.75. The summed E-state index contributed by atoms with van der Waals surface area (Å²) >= 11 is 0. The maximum Gasteiger partial charge on any atom is 0.373 e. The molecule has 1 fully saturated rings. The highest BCUT2D eigenvalue weighted by molar-refractivity contribution is 5.85. The maximum absolute atomic E-state index is 10.6. The molecule has 1 rings (SSSR count). The Morgan fingerprint density at radius 3 is 2.33 bits per heavy atom. The largest absolute Gasteiger partial charge is 0.475 e. The van der Waals surface area contributed by atoms with Gasteiger partial charge in [-0.3, -0.25) is 0 Å². The van der Waals surface area contributed by atoms with E-state index in [1.807, 2.05) is 0 Å². The van der Waals surface area contributed by atoms with E-state index < -0.39 is 5.97 Å². The molecule has 0 aromatic carbocycles. The van der Waals surface area contributed by atoms with Crippen LogP contribution in [-0.4, -0.2) is 11.1 Å². The standard InChI is InChI=1S/C8H13NO3/c9-12-7(8(10)11)6-4-2-1-3-5-6/h1-5,9H2,(H,10,11). The summed E-state index contributed by atoms with van der Waals surface area (Å²) in [5, 5.41) is 8.66. The van der Waals surface area contributed by atoms with Gasteiger partial charge < -0.3 is 9.94 Å². The van der Waals surface area contributed by atoms with Crippen LogP contribution in [0.5, 0.6) is 0 Å². The van der Waals surface area contributed by atoms with Crippen molar-refractivity contribution in [2.75, 3.05) is 0 Å². The molecule has 0 aromatic rings. The number of nitrogens with two attached hydrogens (primary N) is 1. The minimum absolute atomic E-state index is 0.0605. The molecule has 68 valence electrons. The summed E-state index contributed by atoms with van der Waals surface area (Å²) < 4.78 is 0. The lowest BCUT2D eigenvalue weighted by Crippen LogP contribution is -2.13. The first-order valence-corrected chi connectivity index (χ1v) is 4.07. The minimum atomic E-state index is -1.06. The Labute approximate surface area is 71.0 Å². The van der Waals surface area contributed by atoms with Gasteiger partial charge in [0.05, 0.1) is 0 Å². The number of carboxylic acids is 1. The average molecular weight is 171 g/mol. The summed E-state index contributed by atoms with van der Waals surface area (Å²) in [6, 6.07) is 0. The van der Waals surface area contributed by atoms with Gasteiger partial charge in [-0.15, -0.1) is 0 Å². The van der Waals surface area contributed by atoms with E-state index in [2.05, 4.69) is 4.84 Å². The molecule has 3 N–H and O–H groups in total. The van der Waals surface area contributed by atoms with Gasteiger partial charge in [0.2, 0.25) is 5.76 Å². The number of hydrogen-bond donors (Lipinski definition) is 2. The first kappa shape index (κ1) is 9.06. The first-order valence-electron chi connectivity index (χ1n) is 4.07. The monoisotopic (exact) mass is 171 g/mol. The molecule has 4 nitrogen and oxygen atoms in total. The van der Waals surface area contributed by atoms with E-state index in [0.29, 0.717) is 0 Å². The molecule has 12 heavy (non-hydrogen) atoms. The Morgan fingerprint density at radius 1 is 1.33 bits per heavy atom. The van der Waals surface area contributed by atoms with Crippen LogP contribution >= 0.6 is 0 Å². The third-order valence-corrected chi connectivity index (χ3v) is 2.09. The van der Waals surface area contributed by atoms with Crippen LogP contribution in [0.15, 0.2) is 11.3 Å². The third-order valence-electron chi connectivity index (χ3n) is 2.09. The van der Waals surface area contributed by atoms with Crippen LogP contribution in [0, 0.1) is 0 Å². The van der Waals surface area contributed by atoms with E-state index >= 15 is 0 Å². The van der Waals surface area contributed by atoms with Crippen molar-refractivity contribution < 1.29 is 14.7 Å². The fourth-order valence-electron chi connectivity index (χ4n) is 1.49. The maximum atomic E-state index is 10.6. The van der Waals surface area contributed by atoms with Crippen molar-refractivity contribution in [3.63, 3.8) is 0 Å². The van der Waals surface area contributed by atoms with E-state index in [9.17, 15) is 4.79 Å². The zero-order valence-corrected chi connectivity index (χ0v) is 6.88. The second-order valence-corrected chi connectivity index (χ2v) is 2.92. The molecule has 0 atom stereocenters. The zero-order chi connectivity index (χ0) is 8.97. The van der Waals surface area contributed by atoms with Crippen LogP contribution in [0.25, 0.3) is 0 Å². The molecular weight excluding hydrogens is 158 g/mol. The molecule has 0 saturated heterocycles. The number of carbonyl (C=O) groups is 1. The fourth-order valence-corrected chi connectivity index (χ4v) is 1.49. The predicted molar refractivity (Wildman–Crippen MR) is 43.0 cm³/mol. The molecule has 1 aliphatic carbocycles. The Hall–Kier alpha value is -1.03. The van der Waals surface area contributed by atoms with E-state index in [-0.39, 0.29) is 5.76 Å². The van der Waals surface area contributed by atoms with Gasteiger partial charge in [0.15, 0.2) is 0 Å². The van der Waals surface area contributed by atoms with Crippen LogP contribution < -0.4 is 5.90 Å². The second-order valence-electron chi connectivity index (χ2n) is 2.92. The smallest absolute Gasteiger partial charge is 0.373 e. The average Bonchev–Trinajstić information content (AvgIpc) is 2.07. The number of aliphatic carboxylic acids is 1. The topological polar surface area (TPSA) is 72.5 Å². The van der Waals surface area contributed by atoms with E-state index in [0.717, 1.165) is 31.3 Å². The summed E-state index contributed by atoms with van der Waals surface area (Å²) in [6.45, 7) is 0. The summed E-state index contributed by atoms with van der Waals surface area (Å²) in [5.74, 6) is 3.74. The van der Waals surface area contributed by atoms with Crippen molar-refractivity contribution in [1.82, 2.24) is 0 Å². The SMILES string of the molecule is NOC(C(=O)O)=C1CCCCC1. The quantitative estimate of drug-likeness (QED) is 0.371. The van der Waals surface area contributed by atoms with E-state index in [1.54, 1.807) is 0 Å². The van der Waals surface area contributed by atoms with Crippen LogP contribution in [0.2, 0.25) is 0 Å². The van der Waals surface area contributed by atoms with E-state index in [4.69, 9.17) is 11.0 Å². The highest BCUT2D eigenvalue weighted by atomic mass is 16.6. The molecule has 0 heterocycles. The van der Waals surface area contributed by atoms with Crippen molar-refractivity contribution >= 4 is 5.97 Å². The van der Waals surface area contributed by atoms with Gasteiger partial charge in [0, 0.05) is 0 Å². The van der Waals surface area contributed by atoms with Gasteiger partial charge in [-0.25, -0.2) is 4.79 Å². The highest BCUT2D eigenvalue weighted by Gasteiger charge is 2.17. The molecular formula is C8H13NO3. The molecule has 1 saturated carbocycles. The summed E-state index contributed by atoms with van der Waals surface area (Å²) in [6.07, 6.45) is 4.85. The second kappa shape index (κ2) is 4.11. The number of allylic oxidation sites excluding steroid dienone is 1. The van der Waals surface area contributed by atoms with Gasteiger partial charge in [0.1, 0.15) is 0 Å². The predicted octanol–water partition coefficient (Wildman–Crippen LogP) is 1.18. The van der Waals surface area contributed by atoms with Crippen molar-refractivity contribution in [3.05, 3.63) is 11.3 Å². The van der Waals surface area contributed by atoms with Gasteiger partial charge >= 0.3 is 5.97 Å². The number of hydrogen-bond acceptors (Lipinski definition) is 3. The minimum Gasteiger partial charge on any atom is -0.475 e. The summed E-state index contributed by atoms with van der Waals surface area (Å²) in [4.78, 5) is 14.9.